The molecule has 0 aliphatic rings. The fourth-order valence-electron chi connectivity index (χ4n) is 0. The van der Waals surface area contributed by atoms with Gasteiger partial charge in [0, 0.05) is 44.8 Å². The molecule has 0 heterocycles. The molecule has 2 radical (unpaired) electrons. The third-order valence-electron chi connectivity index (χ3n) is 0.183. The third kappa shape index (κ3) is 9.65. The van der Waals surface area contributed by atoms with Crippen molar-refractivity contribution in [3.05, 3.63) is 0 Å². The third-order valence-corrected chi connectivity index (χ3v) is 0.183. The van der Waals surface area contributed by atoms with Crippen LogP contribution in [0.2, 0.25) is 0 Å². The minimum absolute atomic E-state index is 0. The minimum atomic E-state index is -1.82. The summed E-state index contributed by atoms with van der Waals surface area (Å²) in [5.74, 6) is -3.65. The first-order valence-electron chi connectivity index (χ1n) is 1.11. The summed E-state index contributed by atoms with van der Waals surface area (Å²) in [6.07, 6.45) is 0. The van der Waals surface area contributed by atoms with Gasteiger partial charge in [0.15, 0.2) is 0 Å². The summed E-state index contributed by atoms with van der Waals surface area (Å²) in [5, 5.41) is 14.8. The number of hydrogen-bond donors (Lipinski definition) is 2. The van der Waals surface area contributed by atoms with Crippen LogP contribution in [-0.2, 0) is 54.3 Å². The van der Waals surface area contributed by atoms with E-state index >= 15 is 0 Å². The molecule has 6 heteroatoms. The van der Waals surface area contributed by atoms with Gasteiger partial charge in [0.1, 0.15) is 0 Å². The monoisotopic (exact) mass is 364 g/mol. The topological polar surface area (TPSA) is 74.6 Å². The molecule has 4 nitrogen and oxygen atoms in total. The van der Waals surface area contributed by atoms with Crippen LogP contribution < -0.4 is 0 Å². The van der Waals surface area contributed by atoms with Crippen molar-refractivity contribution in [3.8, 4) is 0 Å². The van der Waals surface area contributed by atoms with Gasteiger partial charge >= 0.3 is 11.9 Å². The molecule has 0 aromatic rings. The Kier molecular flexibility index (Phi) is 14.6. The Hall–Kier alpha value is 0.421. The van der Waals surface area contributed by atoms with Crippen LogP contribution in [0.5, 0.6) is 0 Å². The Morgan fingerprint density at radius 2 is 1.12 bits per heavy atom. The van der Waals surface area contributed by atoms with E-state index in [1.54, 1.807) is 0 Å². The standard InChI is InChI=1S/C2H2O4.Nb.Ta/c3-1(4)2(5)6;;/h(H,3,4)(H,5,6);;. The fraction of sp³-hybridized carbons (Fsp3) is 0. The van der Waals surface area contributed by atoms with E-state index in [-0.39, 0.29) is 44.8 Å². The first kappa shape index (κ1) is 15.8. The Bertz CT molecular complexity index is 80.0. The summed E-state index contributed by atoms with van der Waals surface area (Å²) in [4.78, 5) is 18.2. The molecule has 0 aliphatic heterocycles. The Balaban J connectivity index is -0.000000125. The van der Waals surface area contributed by atoms with Gasteiger partial charge in [-0.3, -0.25) is 0 Å². The van der Waals surface area contributed by atoms with Gasteiger partial charge in [-0.2, -0.15) is 0 Å². The zero-order valence-electron chi connectivity index (χ0n) is 3.61. The molecule has 44 valence electrons. The fourth-order valence-corrected chi connectivity index (χ4v) is 0. The summed E-state index contributed by atoms with van der Waals surface area (Å²) in [6, 6.07) is 0. The second-order valence-electron chi connectivity index (χ2n) is 0.610. The molecule has 0 rings (SSSR count). The van der Waals surface area contributed by atoms with Crippen molar-refractivity contribution >= 4 is 11.9 Å². The van der Waals surface area contributed by atoms with Gasteiger partial charge in [0.05, 0.1) is 0 Å². The largest absolute Gasteiger partial charge is 0.473 e. The molecule has 0 aromatic carbocycles. The molecule has 0 unspecified atom stereocenters. The maximum Gasteiger partial charge on any atom is 0.414 e. The van der Waals surface area contributed by atoms with Crippen LogP contribution in [0.3, 0.4) is 0 Å². The van der Waals surface area contributed by atoms with Crippen molar-refractivity contribution in [1.82, 2.24) is 0 Å². The summed E-state index contributed by atoms with van der Waals surface area (Å²) in [6.45, 7) is 0. The van der Waals surface area contributed by atoms with Gasteiger partial charge in [-0.25, -0.2) is 9.59 Å². The van der Waals surface area contributed by atoms with Gasteiger partial charge in [0.25, 0.3) is 0 Å². The Labute approximate surface area is 76.3 Å². The van der Waals surface area contributed by atoms with E-state index in [0.717, 1.165) is 0 Å². The molecule has 0 bridgehead atoms. The van der Waals surface area contributed by atoms with Crippen molar-refractivity contribution < 1.29 is 64.6 Å². The maximum atomic E-state index is 9.10. The summed E-state index contributed by atoms with van der Waals surface area (Å²) >= 11 is 0. The number of carboxylic acids is 2. The Morgan fingerprint density at radius 3 is 1.12 bits per heavy atom. The van der Waals surface area contributed by atoms with Crippen LogP contribution in [0.4, 0.5) is 0 Å². The second-order valence-corrected chi connectivity index (χ2v) is 0.610. The maximum absolute atomic E-state index is 9.10. The van der Waals surface area contributed by atoms with E-state index < -0.39 is 11.9 Å². The smallest absolute Gasteiger partial charge is 0.414 e. The van der Waals surface area contributed by atoms with Gasteiger partial charge in [0.2, 0.25) is 0 Å². The summed E-state index contributed by atoms with van der Waals surface area (Å²) < 4.78 is 0. The average Bonchev–Trinajstić information content (AvgIpc) is 1.36. The van der Waals surface area contributed by atoms with Crippen LogP contribution in [0, 0.1) is 0 Å². The molecule has 2 N–H and O–H groups in total. The van der Waals surface area contributed by atoms with Crippen molar-refractivity contribution in [2.75, 3.05) is 0 Å². The molecule has 0 atom stereocenters. The van der Waals surface area contributed by atoms with Gasteiger partial charge < -0.3 is 10.2 Å². The van der Waals surface area contributed by atoms with Crippen molar-refractivity contribution in [3.63, 3.8) is 0 Å². The summed E-state index contributed by atoms with van der Waals surface area (Å²) in [7, 11) is 0. The van der Waals surface area contributed by atoms with Crippen molar-refractivity contribution in [1.29, 1.82) is 0 Å². The molecule has 0 aromatic heterocycles. The molecule has 0 saturated heterocycles. The van der Waals surface area contributed by atoms with Gasteiger partial charge in [-0.1, -0.05) is 0 Å². The van der Waals surface area contributed by atoms with E-state index in [2.05, 4.69) is 0 Å². The molecular weight excluding hydrogens is 362 g/mol. The molecule has 0 fully saturated rings. The van der Waals surface area contributed by atoms with Gasteiger partial charge in [-0.15, -0.1) is 0 Å². The van der Waals surface area contributed by atoms with E-state index in [1.165, 1.54) is 0 Å². The zero-order chi connectivity index (χ0) is 5.15. The predicted molar refractivity (Wildman–Crippen MR) is 15.3 cm³/mol. The Morgan fingerprint density at radius 1 is 1.00 bits per heavy atom. The first-order chi connectivity index (χ1) is 2.64. The van der Waals surface area contributed by atoms with Crippen molar-refractivity contribution in [2.45, 2.75) is 0 Å². The number of carboxylic acid groups (broad SMARTS) is 2. The average molecular weight is 364 g/mol. The van der Waals surface area contributed by atoms with E-state index in [4.69, 9.17) is 19.8 Å². The zero-order valence-corrected chi connectivity index (χ0v) is 9.02. The van der Waals surface area contributed by atoms with Crippen molar-refractivity contribution in [2.24, 2.45) is 0 Å². The number of aliphatic carboxylic acids is 2. The second kappa shape index (κ2) is 7.42. The molecule has 8 heavy (non-hydrogen) atoms. The predicted octanol–water partition coefficient (Wildman–Crippen LogP) is -0.849. The van der Waals surface area contributed by atoms with E-state index in [0.29, 0.717) is 0 Å². The van der Waals surface area contributed by atoms with Gasteiger partial charge in [-0.05, 0) is 0 Å². The molecule has 0 spiro atoms. The van der Waals surface area contributed by atoms with Crippen LogP contribution in [0.15, 0.2) is 0 Å². The van der Waals surface area contributed by atoms with Crippen LogP contribution in [0.25, 0.3) is 0 Å². The normalized spacial score (nSPS) is 5.50. The van der Waals surface area contributed by atoms with Crippen LogP contribution in [0.1, 0.15) is 0 Å². The SMILES string of the molecule is O=C(O)C(=O)O.[Nb].[Ta]. The first-order valence-corrected chi connectivity index (χ1v) is 1.11. The molecule has 0 aliphatic carbocycles. The molecule has 0 saturated carbocycles. The van der Waals surface area contributed by atoms with Crippen LogP contribution >= 0.6 is 0 Å². The minimum Gasteiger partial charge on any atom is -0.473 e. The van der Waals surface area contributed by atoms with Crippen LogP contribution in [-0.4, -0.2) is 22.2 Å². The molecule has 0 amide bonds. The molecular formula is C2H2NbO4Ta. The summed E-state index contributed by atoms with van der Waals surface area (Å²) in [5.41, 5.74) is 0. The number of carbonyl (C=O) groups is 2. The number of rotatable bonds is 0. The number of hydrogen-bond acceptors (Lipinski definition) is 2. The van der Waals surface area contributed by atoms with E-state index in [1.807, 2.05) is 0 Å². The quantitative estimate of drug-likeness (QED) is 0.434. The van der Waals surface area contributed by atoms with E-state index in [9.17, 15) is 0 Å².